The lowest BCUT2D eigenvalue weighted by Crippen LogP contribution is -2.46. The van der Waals surface area contributed by atoms with E-state index in [1.165, 1.54) is 6.07 Å². The van der Waals surface area contributed by atoms with Crippen LogP contribution in [0.25, 0.3) is 0 Å². The van der Waals surface area contributed by atoms with Crippen molar-refractivity contribution in [3.63, 3.8) is 0 Å². The molecule has 0 saturated carbocycles. The lowest BCUT2D eigenvalue weighted by atomic mass is 9.70. The Morgan fingerprint density at radius 1 is 1.16 bits per heavy atom. The number of hydrogen-bond donors (Lipinski definition) is 2. The Bertz CT molecular complexity index is 1400. The third-order valence-corrected chi connectivity index (χ3v) is 10.3. The van der Waals surface area contributed by atoms with E-state index in [1.807, 2.05) is 55.4 Å². The van der Waals surface area contributed by atoms with Gasteiger partial charge in [-0.3, -0.25) is 4.55 Å². The molecule has 0 fully saturated rings. The molecule has 0 spiro atoms. The smallest absolute Gasteiger partial charge is 0.294 e. The highest BCUT2D eigenvalue weighted by Gasteiger charge is 2.47. The first-order valence-electron chi connectivity index (χ1n) is 13.4. The highest BCUT2D eigenvalue weighted by molar-refractivity contribution is 7.85. The summed E-state index contributed by atoms with van der Waals surface area (Å²) in [7, 11) is -4.29. The topological polar surface area (TPSA) is 107 Å². The average molecular weight is 547 g/mol. The molecule has 2 N–H and O–H groups in total. The molecule has 3 aliphatic rings. The molecule has 2 heterocycles. The Balaban J connectivity index is 1.43. The molecule has 0 bridgehead atoms. The van der Waals surface area contributed by atoms with Crippen LogP contribution in [-0.4, -0.2) is 64.0 Å². The molecule has 208 valence electrons. The Hall–Kier alpha value is -2.36. The van der Waals surface area contributed by atoms with Crippen LogP contribution in [0.1, 0.15) is 80.2 Å². The predicted molar refractivity (Wildman–Crippen MR) is 147 cm³/mol. The summed E-state index contributed by atoms with van der Waals surface area (Å²) in [5.41, 5.74) is 3.92. The molecule has 0 radical (unpaired) electrons. The molecule has 1 aliphatic carbocycles. The summed E-state index contributed by atoms with van der Waals surface area (Å²) in [6, 6.07) is 4.69. The van der Waals surface area contributed by atoms with Crippen molar-refractivity contribution in [2.75, 3.05) is 19.6 Å². The fraction of sp³-hybridized carbons (Fsp3) is 0.621. The van der Waals surface area contributed by atoms with Crippen LogP contribution in [0.5, 0.6) is 0 Å². The van der Waals surface area contributed by atoms with Crippen molar-refractivity contribution >= 4 is 21.5 Å². The van der Waals surface area contributed by atoms with Crippen molar-refractivity contribution in [1.29, 1.82) is 0 Å². The number of benzene rings is 1. The maximum absolute atomic E-state index is 13.0. The van der Waals surface area contributed by atoms with Crippen LogP contribution in [0.4, 0.5) is 5.69 Å². The maximum Gasteiger partial charge on any atom is 0.294 e. The van der Waals surface area contributed by atoms with E-state index in [0.29, 0.717) is 25.9 Å². The van der Waals surface area contributed by atoms with Crippen LogP contribution in [0.15, 0.2) is 45.6 Å². The number of hydrogen-bond acceptors (Lipinski definition) is 5. The van der Waals surface area contributed by atoms with Crippen LogP contribution >= 0.6 is 0 Å². The molecule has 4 rings (SSSR count). The van der Waals surface area contributed by atoms with Crippen LogP contribution in [0.2, 0.25) is 0 Å². The normalized spacial score (nSPS) is 28.8. The fourth-order valence-corrected chi connectivity index (χ4v) is 6.71. The summed E-state index contributed by atoms with van der Waals surface area (Å²) in [5, 5.41) is 11.0. The first kappa shape index (κ1) is 28.6. The number of nitroso groups, excluding NO2 is 1. The number of rotatable bonds is 7. The SMILES string of the molecule is CC1=C(C)C(C)(O)C(C)C2=C1OC(C)(C[N+](=O)CCC[N+]1=C(C)C(C)(C)c3cc(S(=O)(=O)O)ccc31)CC2. The second-order valence-electron chi connectivity index (χ2n) is 12.3. The summed E-state index contributed by atoms with van der Waals surface area (Å²) in [6.45, 7) is 17.1. The highest BCUT2D eigenvalue weighted by atomic mass is 32.2. The molecule has 3 unspecified atom stereocenters. The molecule has 0 amide bonds. The lowest BCUT2D eigenvalue weighted by molar-refractivity contribution is -0.570. The molecule has 1 aromatic rings. The second kappa shape index (κ2) is 9.38. The van der Waals surface area contributed by atoms with Gasteiger partial charge in [-0.25, -0.2) is 0 Å². The zero-order valence-electron chi connectivity index (χ0n) is 23.9. The highest BCUT2D eigenvalue weighted by Crippen LogP contribution is 2.48. The summed E-state index contributed by atoms with van der Waals surface area (Å²) in [4.78, 5) is 12.9. The molecule has 0 aromatic heterocycles. The fourth-order valence-electron chi connectivity index (χ4n) is 6.20. The number of allylic oxidation sites excluding steroid dienone is 1. The number of fused-ring (bicyclic) bond motifs is 1. The van der Waals surface area contributed by atoms with Crippen molar-refractivity contribution in [3.8, 4) is 0 Å². The van der Waals surface area contributed by atoms with E-state index in [0.717, 1.165) is 50.6 Å². The molecular formula is C29H42N2O6S+2. The molecule has 9 heteroatoms. The third-order valence-electron chi connectivity index (χ3n) is 9.43. The van der Waals surface area contributed by atoms with Gasteiger partial charge in [0.25, 0.3) is 10.1 Å². The van der Waals surface area contributed by atoms with Gasteiger partial charge in [0.15, 0.2) is 24.4 Å². The van der Waals surface area contributed by atoms with Crippen molar-refractivity contribution in [2.45, 2.75) is 96.2 Å². The van der Waals surface area contributed by atoms with Gasteiger partial charge < -0.3 is 9.84 Å². The molecular weight excluding hydrogens is 504 g/mol. The molecule has 38 heavy (non-hydrogen) atoms. The van der Waals surface area contributed by atoms with E-state index in [9.17, 15) is 23.0 Å². The molecule has 0 saturated heterocycles. The standard InChI is InChI=1S/C29H41N2O6S/c1-18-19(2)29(8,32)20(3)23-12-13-28(7,37-26(18)23)17-30(33)14-9-15-31-21(4)27(5,6)24-16-22(38(34,35)36)10-11-25(24)31/h10-11,16,20,32H,9,12-15,17H2,1-8H3/q+1/p+1. The van der Waals surface area contributed by atoms with E-state index >= 15 is 0 Å². The lowest BCUT2D eigenvalue weighted by Gasteiger charge is -2.45. The van der Waals surface area contributed by atoms with E-state index in [1.54, 1.807) is 12.1 Å². The van der Waals surface area contributed by atoms with E-state index in [4.69, 9.17) is 4.74 Å². The summed E-state index contributed by atoms with van der Waals surface area (Å²) >= 11 is 0. The van der Waals surface area contributed by atoms with Gasteiger partial charge in [-0.05, 0) is 83.2 Å². The largest absolute Gasteiger partial charge is 0.481 e. The van der Waals surface area contributed by atoms with Crippen LogP contribution in [0, 0.1) is 10.8 Å². The molecule has 1 aromatic carbocycles. The second-order valence-corrected chi connectivity index (χ2v) is 13.7. The van der Waals surface area contributed by atoms with E-state index in [-0.39, 0.29) is 17.4 Å². The van der Waals surface area contributed by atoms with Crippen LogP contribution in [0.3, 0.4) is 0 Å². The number of aliphatic hydroxyl groups is 1. The zero-order chi connectivity index (χ0) is 28.4. The van der Waals surface area contributed by atoms with Gasteiger partial charge >= 0.3 is 0 Å². The third kappa shape index (κ3) is 4.77. The zero-order valence-corrected chi connectivity index (χ0v) is 24.7. The minimum Gasteiger partial charge on any atom is -0.481 e. The van der Waals surface area contributed by atoms with Gasteiger partial charge in [0.05, 0.1) is 22.3 Å². The van der Waals surface area contributed by atoms with E-state index < -0.39 is 26.7 Å². The van der Waals surface area contributed by atoms with Crippen molar-refractivity contribution < 1.29 is 32.1 Å². The molecule has 8 nitrogen and oxygen atoms in total. The predicted octanol–water partition coefficient (Wildman–Crippen LogP) is 5.06. The minimum atomic E-state index is -4.29. The number of ether oxygens (including phenoxy) is 1. The van der Waals surface area contributed by atoms with Gasteiger partial charge in [-0.15, -0.1) is 0 Å². The first-order valence-corrected chi connectivity index (χ1v) is 14.8. The van der Waals surface area contributed by atoms with Gasteiger partial charge in [-0.2, -0.15) is 13.0 Å². The number of nitrogens with zero attached hydrogens (tertiary/aromatic N) is 2. The first-order chi connectivity index (χ1) is 17.4. The average Bonchev–Trinajstić information content (AvgIpc) is 3.01. The van der Waals surface area contributed by atoms with Crippen molar-refractivity contribution in [2.24, 2.45) is 5.92 Å². The Labute approximate surface area is 226 Å². The molecule has 3 atom stereocenters. The minimum absolute atomic E-state index is 0.0326. The summed E-state index contributed by atoms with van der Waals surface area (Å²) in [5.74, 6) is 0.809. The van der Waals surface area contributed by atoms with Crippen molar-refractivity contribution in [1.82, 2.24) is 0 Å². The molecule has 2 aliphatic heterocycles. The van der Waals surface area contributed by atoms with Gasteiger partial charge in [0.2, 0.25) is 12.2 Å². The van der Waals surface area contributed by atoms with Crippen LogP contribution in [-0.2, 0) is 20.3 Å². The van der Waals surface area contributed by atoms with Crippen LogP contribution < -0.4 is 0 Å². The van der Waals surface area contributed by atoms with Gasteiger partial charge in [-0.1, -0.05) is 6.92 Å². The maximum atomic E-state index is 13.0. The summed E-state index contributed by atoms with van der Waals surface area (Å²) in [6.07, 6.45) is 2.13. The Kier molecular flexibility index (Phi) is 7.07. The van der Waals surface area contributed by atoms with Gasteiger partial charge in [0.1, 0.15) is 5.76 Å². The van der Waals surface area contributed by atoms with Crippen molar-refractivity contribution in [3.05, 3.63) is 51.1 Å². The Morgan fingerprint density at radius 3 is 2.45 bits per heavy atom. The Morgan fingerprint density at radius 2 is 1.82 bits per heavy atom. The van der Waals surface area contributed by atoms with Gasteiger partial charge in [0, 0.05) is 34.1 Å². The summed E-state index contributed by atoms with van der Waals surface area (Å²) < 4.78 is 42.5. The monoisotopic (exact) mass is 546 g/mol. The quantitative estimate of drug-likeness (QED) is 0.366. The van der Waals surface area contributed by atoms with E-state index in [2.05, 4.69) is 4.58 Å².